The first-order chi connectivity index (χ1) is 8.45. The molecule has 1 rings (SSSR count). The zero-order valence-corrected chi connectivity index (χ0v) is 12.0. The van der Waals surface area contributed by atoms with Gasteiger partial charge in [-0.1, -0.05) is 37.2 Å². The van der Waals surface area contributed by atoms with E-state index in [1.807, 2.05) is 20.1 Å². The molecular weight excluding hydrogens is 274 g/mol. The Kier molecular flexibility index (Phi) is 5.84. The highest BCUT2D eigenvalue weighted by atomic mass is 35.5. The Labute approximate surface area is 115 Å². The first-order valence-electron chi connectivity index (χ1n) is 5.48. The molecule has 100 valence electrons. The molecule has 1 unspecified atom stereocenters. The van der Waals surface area contributed by atoms with Crippen LogP contribution in [0.15, 0.2) is 11.4 Å². The van der Waals surface area contributed by atoms with Gasteiger partial charge in [-0.15, -0.1) is 0 Å². The third-order valence-corrected chi connectivity index (χ3v) is 3.20. The molecule has 2 N–H and O–H groups in total. The van der Waals surface area contributed by atoms with Gasteiger partial charge < -0.3 is 10.4 Å². The van der Waals surface area contributed by atoms with Crippen LogP contribution in [0.2, 0.25) is 5.02 Å². The average Bonchev–Trinajstić information content (AvgIpc) is 2.35. The molecule has 0 saturated carbocycles. The molecule has 0 aromatic carbocycles. The molecule has 0 fully saturated rings. The molecule has 0 aliphatic carbocycles. The number of nitrogens with zero attached hydrogens (tertiary/aromatic N) is 2. The van der Waals surface area contributed by atoms with Crippen molar-refractivity contribution in [3.05, 3.63) is 16.9 Å². The van der Waals surface area contributed by atoms with Gasteiger partial charge in [-0.05, 0) is 12.2 Å². The van der Waals surface area contributed by atoms with Crippen LogP contribution in [0.5, 0.6) is 0 Å². The monoisotopic (exact) mass is 289 g/mol. The highest BCUT2D eigenvalue weighted by molar-refractivity contribution is 7.98. The molecule has 0 spiro atoms. The third-order valence-electron chi connectivity index (χ3n) is 2.36. The van der Waals surface area contributed by atoms with E-state index >= 15 is 0 Å². The van der Waals surface area contributed by atoms with E-state index in [1.54, 1.807) is 0 Å². The molecule has 0 aliphatic heterocycles. The summed E-state index contributed by atoms with van der Waals surface area (Å²) in [5.41, 5.74) is 0.131. The number of aromatic nitrogens is 2. The molecule has 18 heavy (non-hydrogen) atoms. The predicted octanol–water partition coefficient (Wildman–Crippen LogP) is 1.60. The highest BCUT2D eigenvalue weighted by Crippen LogP contribution is 2.16. The quantitative estimate of drug-likeness (QED) is 0.636. The number of hydrogen-bond acceptors (Lipinski definition) is 5. The summed E-state index contributed by atoms with van der Waals surface area (Å²) in [6, 6.07) is 0. The van der Waals surface area contributed by atoms with Crippen molar-refractivity contribution in [3.8, 4) is 0 Å². The molecule has 0 bridgehead atoms. The molecule has 7 heteroatoms. The molecule has 1 aromatic heterocycles. The second-order valence-electron chi connectivity index (χ2n) is 4.07. The van der Waals surface area contributed by atoms with Crippen LogP contribution < -0.4 is 5.32 Å². The van der Waals surface area contributed by atoms with Gasteiger partial charge in [0.1, 0.15) is 0 Å². The van der Waals surface area contributed by atoms with Crippen molar-refractivity contribution in [1.29, 1.82) is 0 Å². The third kappa shape index (κ3) is 4.12. The molecule has 1 amide bonds. The van der Waals surface area contributed by atoms with Crippen LogP contribution in [-0.2, 0) is 0 Å². The summed E-state index contributed by atoms with van der Waals surface area (Å²) in [4.78, 5) is 19.8. The van der Waals surface area contributed by atoms with Crippen LogP contribution in [0.25, 0.3) is 0 Å². The topological polar surface area (TPSA) is 75.1 Å². The maximum absolute atomic E-state index is 11.9. The maximum atomic E-state index is 11.9. The van der Waals surface area contributed by atoms with Crippen LogP contribution in [0.4, 0.5) is 0 Å². The molecule has 1 atom stereocenters. The lowest BCUT2D eigenvalue weighted by atomic mass is 10.1. The van der Waals surface area contributed by atoms with E-state index in [0.29, 0.717) is 5.16 Å². The minimum Gasteiger partial charge on any atom is -0.391 e. The van der Waals surface area contributed by atoms with Crippen molar-refractivity contribution < 1.29 is 9.90 Å². The molecule has 0 radical (unpaired) electrons. The van der Waals surface area contributed by atoms with Crippen molar-refractivity contribution in [2.24, 2.45) is 5.92 Å². The predicted molar refractivity (Wildman–Crippen MR) is 72.0 cm³/mol. The van der Waals surface area contributed by atoms with Crippen molar-refractivity contribution in [1.82, 2.24) is 15.3 Å². The number of thioether (sulfide) groups is 1. The van der Waals surface area contributed by atoms with Gasteiger partial charge in [-0.25, -0.2) is 9.97 Å². The van der Waals surface area contributed by atoms with Crippen molar-refractivity contribution in [3.63, 3.8) is 0 Å². The van der Waals surface area contributed by atoms with Gasteiger partial charge in [-0.3, -0.25) is 4.79 Å². The lowest BCUT2D eigenvalue weighted by Crippen LogP contribution is -2.35. The molecular formula is C11H16ClN3O2S. The summed E-state index contributed by atoms with van der Waals surface area (Å²) < 4.78 is 0. The summed E-state index contributed by atoms with van der Waals surface area (Å²) in [7, 11) is 0. The summed E-state index contributed by atoms with van der Waals surface area (Å²) in [6.07, 6.45) is 2.62. The number of halogens is 1. The van der Waals surface area contributed by atoms with Gasteiger partial charge in [0.05, 0.1) is 17.3 Å². The Bertz CT molecular complexity index is 429. The zero-order chi connectivity index (χ0) is 13.7. The van der Waals surface area contributed by atoms with Crippen LogP contribution >= 0.6 is 23.4 Å². The summed E-state index contributed by atoms with van der Waals surface area (Å²) in [6.45, 7) is 3.92. The molecule has 5 nitrogen and oxygen atoms in total. The Morgan fingerprint density at radius 3 is 2.83 bits per heavy atom. The zero-order valence-electron chi connectivity index (χ0n) is 10.5. The molecule has 1 heterocycles. The van der Waals surface area contributed by atoms with E-state index < -0.39 is 12.0 Å². The smallest absolute Gasteiger partial charge is 0.271 e. The first-order valence-corrected chi connectivity index (χ1v) is 7.08. The summed E-state index contributed by atoms with van der Waals surface area (Å²) in [5.74, 6) is -0.328. The van der Waals surface area contributed by atoms with Gasteiger partial charge in [-0.2, -0.15) is 0 Å². The molecule has 0 aliphatic rings. The second kappa shape index (κ2) is 6.92. The minimum absolute atomic E-state index is 0.0768. The van der Waals surface area contributed by atoms with Gasteiger partial charge >= 0.3 is 0 Å². The van der Waals surface area contributed by atoms with Gasteiger partial charge in [0.2, 0.25) is 0 Å². The van der Waals surface area contributed by atoms with Crippen LogP contribution in [0, 0.1) is 5.92 Å². The van der Waals surface area contributed by atoms with E-state index in [2.05, 4.69) is 15.3 Å². The fourth-order valence-electron chi connectivity index (χ4n) is 1.13. The molecule has 0 saturated heterocycles. The average molecular weight is 290 g/mol. The maximum Gasteiger partial charge on any atom is 0.271 e. The van der Waals surface area contributed by atoms with Crippen molar-refractivity contribution in [2.45, 2.75) is 25.1 Å². The van der Waals surface area contributed by atoms with Gasteiger partial charge in [0.15, 0.2) is 10.9 Å². The Hall–Kier alpha value is -0.850. The number of hydrogen-bond donors (Lipinski definition) is 2. The number of carbonyl (C=O) groups excluding carboxylic acids is 1. The van der Waals surface area contributed by atoms with E-state index in [4.69, 9.17) is 11.6 Å². The number of amides is 1. The number of nitrogens with one attached hydrogen (secondary N) is 1. The lowest BCUT2D eigenvalue weighted by molar-refractivity contribution is 0.0866. The summed E-state index contributed by atoms with van der Waals surface area (Å²) >= 11 is 7.20. The Morgan fingerprint density at radius 1 is 1.61 bits per heavy atom. The lowest BCUT2D eigenvalue weighted by Gasteiger charge is -2.15. The number of rotatable bonds is 5. The van der Waals surface area contributed by atoms with Crippen LogP contribution in [-0.4, -0.2) is 39.9 Å². The standard InChI is InChI=1S/C11H16ClN3O2S/c1-6(2)8(16)5-13-10(17)9-7(12)4-14-11(15-9)18-3/h4,6,8,16H,5H2,1-3H3,(H,13,17). The van der Waals surface area contributed by atoms with E-state index in [1.165, 1.54) is 18.0 Å². The minimum atomic E-state index is -0.588. The van der Waals surface area contributed by atoms with E-state index in [9.17, 15) is 9.90 Å². The number of aliphatic hydroxyl groups excluding tert-OH is 1. The van der Waals surface area contributed by atoms with Gasteiger partial charge in [0.25, 0.3) is 5.91 Å². The number of aliphatic hydroxyl groups is 1. The normalized spacial score (nSPS) is 12.6. The van der Waals surface area contributed by atoms with Crippen molar-refractivity contribution >= 4 is 29.3 Å². The van der Waals surface area contributed by atoms with Gasteiger partial charge in [0, 0.05) is 6.54 Å². The highest BCUT2D eigenvalue weighted by Gasteiger charge is 2.16. The van der Waals surface area contributed by atoms with E-state index in [-0.39, 0.29) is 23.2 Å². The Morgan fingerprint density at radius 2 is 2.28 bits per heavy atom. The van der Waals surface area contributed by atoms with Crippen LogP contribution in [0.3, 0.4) is 0 Å². The van der Waals surface area contributed by atoms with Crippen LogP contribution in [0.1, 0.15) is 24.3 Å². The SMILES string of the molecule is CSc1ncc(Cl)c(C(=O)NCC(O)C(C)C)n1. The second-order valence-corrected chi connectivity index (χ2v) is 5.26. The summed E-state index contributed by atoms with van der Waals surface area (Å²) in [5, 5.41) is 12.9. The van der Waals surface area contributed by atoms with Crippen molar-refractivity contribution in [2.75, 3.05) is 12.8 Å². The Balaban J connectivity index is 2.72. The fraction of sp³-hybridized carbons (Fsp3) is 0.545. The first kappa shape index (κ1) is 15.2. The fourth-order valence-corrected chi connectivity index (χ4v) is 1.64. The van der Waals surface area contributed by atoms with E-state index in [0.717, 1.165) is 0 Å². The largest absolute Gasteiger partial charge is 0.391 e. The number of carbonyl (C=O) groups is 1. The molecule has 1 aromatic rings.